The molecule has 1 aromatic carbocycles. The minimum absolute atomic E-state index is 0.0134. The van der Waals surface area contributed by atoms with Crippen LogP contribution in [0.5, 0.6) is 5.75 Å². The average Bonchev–Trinajstić information content (AvgIpc) is 2.89. The fourth-order valence-corrected chi connectivity index (χ4v) is 3.02. The van der Waals surface area contributed by atoms with Gasteiger partial charge in [-0.05, 0) is 12.5 Å². The highest BCUT2D eigenvalue weighted by Gasteiger charge is 2.52. The zero-order valence-electron chi connectivity index (χ0n) is 11.1. The summed E-state index contributed by atoms with van der Waals surface area (Å²) in [5.41, 5.74) is 6.54. The second kappa shape index (κ2) is 4.92. The van der Waals surface area contributed by atoms with Crippen LogP contribution in [0.4, 0.5) is 11.4 Å². The summed E-state index contributed by atoms with van der Waals surface area (Å²) >= 11 is 0. The lowest BCUT2D eigenvalue weighted by Crippen LogP contribution is -2.65. The Morgan fingerprint density at radius 2 is 2.35 bits per heavy atom. The van der Waals surface area contributed by atoms with Crippen molar-refractivity contribution < 1.29 is 14.4 Å². The number of hydrogen-bond donors (Lipinski definition) is 2. The van der Waals surface area contributed by atoms with Gasteiger partial charge in [0.05, 0.1) is 24.2 Å². The topological polar surface area (TPSA) is 99.7 Å². The highest BCUT2D eigenvalue weighted by molar-refractivity contribution is 5.65. The van der Waals surface area contributed by atoms with Crippen molar-refractivity contribution in [3.8, 4) is 5.75 Å². The molecule has 2 aliphatic rings. The van der Waals surface area contributed by atoms with Gasteiger partial charge in [0, 0.05) is 30.7 Å². The normalized spacial score (nSPS) is 31.3. The first kappa shape index (κ1) is 13.1. The number of nitrogens with two attached hydrogens (primary N) is 1. The van der Waals surface area contributed by atoms with Crippen LogP contribution in [0.15, 0.2) is 18.2 Å². The van der Waals surface area contributed by atoms with E-state index in [0.717, 1.165) is 6.42 Å². The molecule has 20 heavy (non-hydrogen) atoms. The molecular weight excluding hydrogens is 262 g/mol. The number of nitrogens with one attached hydrogen (secondary N) is 1. The van der Waals surface area contributed by atoms with E-state index < -0.39 is 4.92 Å². The second-order valence-corrected chi connectivity index (χ2v) is 5.18. The molecule has 7 nitrogen and oxygen atoms in total. The molecule has 0 aromatic heterocycles. The van der Waals surface area contributed by atoms with E-state index in [9.17, 15) is 10.1 Å². The van der Waals surface area contributed by atoms with Gasteiger partial charge in [0.25, 0.3) is 5.69 Å². The fourth-order valence-electron chi connectivity index (χ4n) is 3.02. The second-order valence-electron chi connectivity index (χ2n) is 5.18. The summed E-state index contributed by atoms with van der Waals surface area (Å²) in [6.07, 6.45) is 1.01. The number of rotatable bonds is 4. The van der Waals surface area contributed by atoms with E-state index >= 15 is 0 Å². The van der Waals surface area contributed by atoms with Gasteiger partial charge < -0.3 is 20.5 Å². The van der Waals surface area contributed by atoms with Crippen molar-refractivity contribution in [2.45, 2.75) is 24.6 Å². The Kier molecular flexibility index (Phi) is 3.23. The third-order valence-corrected chi connectivity index (χ3v) is 4.17. The molecule has 3 rings (SSSR count). The van der Waals surface area contributed by atoms with Crippen LogP contribution in [0.25, 0.3) is 0 Å². The molecule has 0 bridgehead atoms. The summed E-state index contributed by atoms with van der Waals surface area (Å²) in [5.74, 6) is 0.923. The number of anilines is 1. The summed E-state index contributed by atoms with van der Waals surface area (Å²) in [6.45, 7) is 0.710. The van der Waals surface area contributed by atoms with Crippen LogP contribution in [-0.4, -0.2) is 36.8 Å². The molecule has 1 saturated heterocycles. The lowest BCUT2D eigenvalue weighted by atomic mass is 9.72. The number of hydrogen-bond acceptors (Lipinski definition) is 6. The lowest BCUT2D eigenvalue weighted by Gasteiger charge is -2.46. The van der Waals surface area contributed by atoms with Crippen molar-refractivity contribution in [2.24, 2.45) is 11.7 Å². The van der Waals surface area contributed by atoms with Gasteiger partial charge in [0.15, 0.2) is 0 Å². The summed E-state index contributed by atoms with van der Waals surface area (Å²) in [4.78, 5) is 10.7. The number of nitrogens with zero attached hydrogens (tertiary/aromatic N) is 1. The summed E-state index contributed by atoms with van der Waals surface area (Å²) in [5, 5.41) is 14.2. The summed E-state index contributed by atoms with van der Waals surface area (Å²) in [6, 6.07) is 4.49. The van der Waals surface area contributed by atoms with Crippen LogP contribution in [0.2, 0.25) is 0 Å². The number of fused-ring (bicyclic) bond motifs is 1. The molecule has 3 N–H and O–H groups in total. The van der Waals surface area contributed by atoms with Gasteiger partial charge in [0.1, 0.15) is 11.4 Å². The summed E-state index contributed by atoms with van der Waals surface area (Å²) < 4.78 is 10.7. The van der Waals surface area contributed by atoms with Gasteiger partial charge in [-0.3, -0.25) is 10.1 Å². The molecule has 0 amide bonds. The van der Waals surface area contributed by atoms with E-state index in [4.69, 9.17) is 15.2 Å². The van der Waals surface area contributed by atoms with Crippen LogP contribution in [-0.2, 0) is 4.74 Å². The molecule has 108 valence electrons. The van der Waals surface area contributed by atoms with Gasteiger partial charge in [-0.25, -0.2) is 0 Å². The molecule has 0 spiro atoms. The van der Waals surface area contributed by atoms with Crippen molar-refractivity contribution in [3.05, 3.63) is 28.3 Å². The minimum Gasteiger partial charge on any atom is -0.497 e. The standard InChI is InChI=1S/C13H17N3O4/c1-19-7-2-3-10(16(17)18)9(6-7)15-12-11(14)8-4-5-20-13(8)12/h2-3,6,8,11-13,15H,4-5,14H2,1H3. The first-order chi connectivity index (χ1) is 9.61. The van der Waals surface area contributed by atoms with Crippen molar-refractivity contribution in [2.75, 3.05) is 19.0 Å². The van der Waals surface area contributed by atoms with Gasteiger partial charge in [0.2, 0.25) is 0 Å². The molecule has 7 heteroatoms. The third kappa shape index (κ3) is 1.99. The monoisotopic (exact) mass is 279 g/mol. The Balaban J connectivity index is 1.84. The number of ether oxygens (including phenoxy) is 2. The van der Waals surface area contributed by atoms with E-state index in [-0.39, 0.29) is 23.9 Å². The van der Waals surface area contributed by atoms with E-state index in [1.54, 1.807) is 12.1 Å². The first-order valence-corrected chi connectivity index (χ1v) is 6.58. The van der Waals surface area contributed by atoms with Crippen LogP contribution >= 0.6 is 0 Å². The molecule has 1 aliphatic heterocycles. The Labute approximate surface area is 116 Å². The van der Waals surface area contributed by atoms with Crippen molar-refractivity contribution in [1.29, 1.82) is 0 Å². The van der Waals surface area contributed by atoms with Gasteiger partial charge in [-0.2, -0.15) is 0 Å². The zero-order chi connectivity index (χ0) is 14.3. The minimum atomic E-state index is -0.418. The number of nitro groups is 1. The van der Waals surface area contributed by atoms with E-state index in [0.29, 0.717) is 24.0 Å². The maximum absolute atomic E-state index is 11.1. The maximum Gasteiger partial charge on any atom is 0.292 e. The molecule has 1 heterocycles. The molecule has 1 aliphatic carbocycles. The number of benzene rings is 1. The Morgan fingerprint density at radius 3 is 3.05 bits per heavy atom. The Morgan fingerprint density at radius 1 is 1.55 bits per heavy atom. The van der Waals surface area contributed by atoms with Crippen molar-refractivity contribution >= 4 is 11.4 Å². The highest BCUT2D eigenvalue weighted by atomic mass is 16.6. The Bertz CT molecular complexity index is 536. The third-order valence-electron chi connectivity index (χ3n) is 4.17. The van der Waals surface area contributed by atoms with Crippen LogP contribution in [0.1, 0.15) is 6.42 Å². The summed E-state index contributed by atoms with van der Waals surface area (Å²) in [7, 11) is 1.52. The quantitative estimate of drug-likeness (QED) is 0.633. The molecule has 4 atom stereocenters. The van der Waals surface area contributed by atoms with Crippen molar-refractivity contribution in [3.63, 3.8) is 0 Å². The van der Waals surface area contributed by atoms with Gasteiger partial charge >= 0.3 is 0 Å². The van der Waals surface area contributed by atoms with E-state index in [1.807, 2.05) is 0 Å². The first-order valence-electron chi connectivity index (χ1n) is 6.58. The molecular formula is C13H17N3O4. The van der Waals surface area contributed by atoms with E-state index in [1.165, 1.54) is 13.2 Å². The number of nitro benzene ring substituents is 1. The Hall–Kier alpha value is -1.86. The predicted molar refractivity (Wildman–Crippen MR) is 72.9 cm³/mol. The molecule has 2 fully saturated rings. The average molecular weight is 279 g/mol. The molecule has 4 unspecified atom stereocenters. The maximum atomic E-state index is 11.1. The van der Waals surface area contributed by atoms with Crippen LogP contribution < -0.4 is 15.8 Å². The fraction of sp³-hybridized carbons (Fsp3) is 0.538. The van der Waals surface area contributed by atoms with Gasteiger partial charge in [-0.1, -0.05) is 0 Å². The SMILES string of the molecule is COc1ccc([N+](=O)[O-])c(NC2C(N)C3CCOC32)c1. The molecule has 1 aromatic rings. The van der Waals surface area contributed by atoms with E-state index in [2.05, 4.69) is 5.32 Å². The smallest absolute Gasteiger partial charge is 0.292 e. The number of methoxy groups -OCH3 is 1. The predicted octanol–water partition coefficient (Wildman–Crippen LogP) is 1.13. The largest absolute Gasteiger partial charge is 0.497 e. The molecule has 0 radical (unpaired) electrons. The highest BCUT2D eigenvalue weighted by Crippen LogP contribution is 2.41. The van der Waals surface area contributed by atoms with Crippen LogP contribution in [0.3, 0.4) is 0 Å². The van der Waals surface area contributed by atoms with Crippen LogP contribution in [0, 0.1) is 16.0 Å². The zero-order valence-corrected chi connectivity index (χ0v) is 11.1. The molecule has 1 saturated carbocycles. The van der Waals surface area contributed by atoms with Gasteiger partial charge in [-0.15, -0.1) is 0 Å². The lowest BCUT2D eigenvalue weighted by molar-refractivity contribution is -0.384. The van der Waals surface area contributed by atoms with Crippen molar-refractivity contribution in [1.82, 2.24) is 0 Å².